The lowest BCUT2D eigenvalue weighted by molar-refractivity contribution is -0.0592. The maximum absolute atomic E-state index is 6.37. The highest BCUT2D eigenvalue weighted by Gasteiger charge is 2.43. The molecule has 1 aromatic heterocycles. The van der Waals surface area contributed by atoms with Crippen molar-refractivity contribution >= 4 is 5.70 Å². The van der Waals surface area contributed by atoms with E-state index >= 15 is 0 Å². The van der Waals surface area contributed by atoms with Gasteiger partial charge in [-0.05, 0) is 54.2 Å². The molecule has 0 amide bonds. The van der Waals surface area contributed by atoms with Gasteiger partial charge in [0.1, 0.15) is 5.60 Å². The van der Waals surface area contributed by atoms with Crippen LogP contribution in [0.3, 0.4) is 0 Å². The van der Waals surface area contributed by atoms with Crippen LogP contribution in [0.2, 0.25) is 0 Å². The van der Waals surface area contributed by atoms with Crippen LogP contribution in [-0.4, -0.2) is 32.4 Å². The van der Waals surface area contributed by atoms with E-state index in [2.05, 4.69) is 60.5 Å². The number of nitrogens with one attached hydrogen (secondary N) is 1. The smallest absolute Gasteiger partial charge is 0.134 e. The second kappa shape index (κ2) is 9.12. The molecule has 4 rings (SSSR count). The van der Waals surface area contributed by atoms with E-state index in [-0.39, 0.29) is 5.41 Å². The molecule has 2 aliphatic rings. The maximum Gasteiger partial charge on any atom is 0.134 e. The normalized spacial score (nSPS) is 22.1. The molecule has 1 aliphatic carbocycles. The molecule has 1 aromatic carbocycles. The second-order valence-electron chi connectivity index (χ2n) is 9.61. The summed E-state index contributed by atoms with van der Waals surface area (Å²) in [5.74, 6) is 0. The molecular weight excluding hydrogens is 400 g/mol. The third kappa shape index (κ3) is 4.21. The van der Waals surface area contributed by atoms with Gasteiger partial charge in [0.05, 0.1) is 25.0 Å². The molecule has 0 bridgehead atoms. The van der Waals surface area contributed by atoms with Crippen LogP contribution in [0.1, 0.15) is 55.6 Å². The van der Waals surface area contributed by atoms with E-state index in [1.165, 1.54) is 11.1 Å². The van der Waals surface area contributed by atoms with Crippen LogP contribution in [0.15, 0.2) is 47.2 Å². The molecule has 1 saturated heterocycles. The Bertz CT molecular complexity index is 1010. The van der Waals surface area contributed by atoms with Crippen molar-refractivity contribution < 1.29 is 9.47 Å². The number of benzene rings is 1. The zero-order valence-electron chi connectivity index (χ0n) is 19.7. The van der Waals surface area contributed by atoms with E-state index in [0.29, 0.717) is 18.9 Å². The molecule has 1 atom stereocenters. The molecule has 1 aliphatic heterocycles. The number of methoxy groups -OCH3 is 1. The number of rotatable bonds is 7. The van der Waals surface area contributed by atoms with Gasteiger partial charge in [0.15, 0.2) is 0 Å². The van der Waals surface area contributed by atoms with Gasteiger partial charge in [-0.2, -0.15) is 5.11 Å². The first-order valence-electron chi connectivity index (χ1n) is 11.4. The van der Waals surface area contributed by atoms with Gasteiger partial charge in [0.25, 0.3) is 0 Å². The molecule has 0 spiro atoms. The lowest BCUT2D eigenvalue weighted by atomic mass is 9.72. The van der Waals surface area contributed by atoms with E-state index in [0.717, 1.165) is 54.6 Å². The zero-order chi connectivity index (χ0) is 22.8. The number of ether oxygens (including phenoxy) is 2. The number of hydrogen-bond acceptors (Lipinski definition) is 5. The zero-order valence-corrected chi connectivity index (χ0v) is 19.7. The largest absolute Gasteiger partial charge is 0.381 e. The fraction of sp³-hybridized carbons (Fsp3) is 0.500. The minimum atomic E-state index is -0.594. The highest BCUT2D eigenvalue weighted by molar-refractivity contribution is 5.84. The van der Waals surface area contributed by atoms with Crippen LogP contribution in [0.4, 0.5) is 0 Å². The number of aryl methyl sites for hydroxylation is 1. The Balaban J connectivity index is 2.05. The van der Waals surface area contributed by atoms with Crippen molar-refractivity contribution in [2.24, 2.45) is 15.8 Å². The molecule has 0 radical (unpaired) electrons. The third-order valence-corrected chi connectivity index (χ3v) is 6.64. The van der Waals surface area contributed by atoms with Crippen LogP contribution in [0, 0.1) is 5.41 Å². The monoisotopic (exact) mass is 434 g/mol. The minimum absolute atomic E-state index is 0.211. The maximum atomic E-state index is 6.37. The topological polar surface area (TPSA) is 68.1 Å². The summed E-state index contributed by atoms with van der Waals surface area (Å²) in [7, 11) is 3.36. The van der Waals surface area contributed by atoms with Gasteiger partial charge in [-0.15, -0.1) is 0 Å². The summed E-state index contributed by atoms with van der Waals surface area (Å²) < 4.78 is 12.0. The van der Waals surface area contributed by atoms with Crippen LogP contribution in [-0.2, 0) is 27.9 Å². The van der Waals surface area contributed by atoms with Crippen molar-refractivity contribution in [1.29, 1.82) is 0 Å². The Morgan fingerprint density at radius 3 is 2.69 bits per heavy atom. The average Bonchev–Trinajstić information content (AvgIpc) is 3.26. The Morgan fingerprint density at radius 1 is 1.25 bits per heavy atom. The lowest BCUT2D eigenvalue weighted by Gasteiger charge is -2.37. The summed E-state index contributed by atoms with van der Waals surface area (Å²) in [6, 6.07) is 10.5. The SMILES string of the molecule is C=C(NN=NC)c1c(C2(COC)CCCO2)nc2c(c1-c1ccccc1)CC(C)(C)CC2. The van der Waals surface area contributed by atoms with Gasteiger partial charge in [0.2, 0.25) is 0 Å². The molecule has 1 N–H and O–H groups in total. The van der Waals surface area contributed by atoms with Gasteiger partial charge in [-0.3, -0.25) is 10.4 Å². The van der Waals surface area contributed by atoms with Crippen LogP contribution in [0.25, 0.3) is 16.8 Å². The summed E-state index contributed by atoms with van der Waals surface area (Å²) in [5.41, 5.74) is 9.98. The first kappa shape index (κ1) is 22.6. The molecule has 1 fully saturated rings. The van der Waals surface area contributed by atoms with E-state index in [1.807, 2.05) is 6.07 Å². The van der Waals surface area contributed by atoms with E-state index in [4.69, 9.17) is 14.5 Å². The number of pyridine rings is 1. The highest BCUT2D eigenvalue weighted by atomic mass is 16.5. The van der Waals surface area contributed by atoms with Crippen molar-refractivity contribution in [2.45, 2.75) is 51.6 Å². The Hall–Kier alpha value is -2.57. The number of hydrogen-bond donors (Lipinski definition) is 1. The molecule has 0 saturated carbocycles. The van der Waals surface area contributed by atoms with Gasteiger partial charge in [-0.1, -0.05) is 56.0 Å². The van der Waals surface area contributed by atoms with Gasteiger partial charge in [-0.25, -0.2) is 0 Å². The molecule has 1 unspecified atom stereocenters. The van der Waals surface area contributed by atoms with Crippen LogP contribution in [0.5, 0.6) is 0 Å². The van der Waals surface area contributed by atoms with Crippen molar-refractivity contribution in [3.05, 3.63) is 59.4 Å². The minimum Gasteiger partial charge on any atom is -0.381 e. The number of nitrogens with zero attached hydrogens (tertiary/aromatic N) is 3. The standard InChI is InChI=1S/C26H34N4O2/c1-18(29-30-27-4)22-23(19-10-7-6-8-11-19)20-16-25(2,3)14-12-21(20)28-24(22)26(17-31-5)13-9-15-32-26/h6-8,10-11H,1,9,12-17H2,2-5H3,(H,27,29). The number of aromatic nitrogens is 1. The lowest BCUT2D eigenvalue weighted by Crippen LogP contribution is -2.35. The summed E-state index contributed by atoms with van der Waals surface area (Å²) in [6.45, 7) is 10.2. The van der Waals surface area contributed by atoms with E-state index in [9.17, 15) is 0 Å². The van der Waals surface area contributed by atoms with Crippen LogP contribution < -0.4 is 5.43 Å². The van der Waals surface area contributed by atoms with Crippen molar-refractivity contribution in [1.82, 2.24) is 10.4 Å². The predicted molar refractivity (Wildman–Crippen MR) is 127 cm³/mol. The predicted octanol–water partition coefficient (Wildman–Crippen LogP) is 5.47. The second-order valence-corrected chi connectivity index (χ2v) is 9.61. The van der Waals surface area contributed by atoms with Crippen molar-refractivity contribution in [3.63, 3.8) is 0 Å². The van der Waals surface area contributed by atoms with Gasteiger partial charge in [0, 0.05) is 25.0 Å². The first-order valence-corrected chi connectivity index (χ1v) is 11.4. The fourth-order valence-corrected chi connectivity index (χ4v) is 5.11. The molecule has 2 heterocycles. The Labute approximate surface area is 191 Å². The van der Waals surface area contributed by atoms with Gasteiger partial charge < -0.3 is 9.47 Å². The van der Waals surface area contributed by atoms with Gasteiger partial charge >= 0.3 is 0 Å². The van der Waals surface area contributed by atoms with Crippen molar-refractivity contribution in [2.75, 3.05) is 27.4 Å². The van der Waals surface area contributed by atoms with Crippen molar-refractivity contribution in [3.8, 4) is 11.1 Å². The molecule has 6 nitrogen and oxygen atoms in total. The molecule has 170 valence electrons. The molecule has 32 heavy (non-hydrogen) atoms. The summed E-state index contributed by atoms with van der Waals surface area (Å²) in [4.78, 5) is 5.29. The van der Waals surface area contributed by atoms with E-state index in [1.54, 1.807) is 14.2 Å². The van der Waals surface area contributed by atoms with E-state index < -0.39 is 5.60 Å². The highest BCUT2D eigenvalue weighted by Crippen LogP contribution is 2.47. The number of fused-ring (bicyclic) bond motifs is 1. The first-order chi connectivity index (χ1) is 15.4. The summed E-state index contributed by atoms with van der Waals surface area (Å²) in [5, 5.41) is 7.91. The van der Waals surface area contributed by atoms with Crippen LogP contribution >= 0.6 is 0 Å². The Kier molecular flexibility index (Phi) is 6.45. The Morgan fingerprint density at radius 2 is 2.03 bits per heavy atom. The average molecular weight is 435 g/mol. The summed E-state index contributed by atoms with van der Waals surface area (Å²) in [6.07, 6.45) is 4.87. The molecule has 2 aromatic rings. The fourth-order valence-electron chi connectivity index (χ4n) is 5.11. The summed E-state index contributed by atoms with van der Waals surface area (Å²) >= 11 is 0. The third-order valence-electron chi connectivity index (χ3n) is 6.64. The molecular formula is C26H34N4O2. The quantitative estimate of drug-likeness (QED) is 0.463. The molecule has 6 heteroatoms.